The Balaban J connectivity index is 2.32. The second-order valence-electron chi connectivity index (χ2n) is 3.76. The van der Waals surface area contributed by atoms with E-state index >= 15 is 0 Å². The second-order valence-corrected chi connectivity index (χ2v) is 3.76. The molecule has 2 aromatic heterocycles. The van der Waals surface area contributed by atoms with Gasteiger partial charge in [0.2, 0.25) is 0 Å². The number of aromatic nitrogens is 4. The maximum atomic E-state index is 5.62. The Labute approximate surface area is 99.8 Å². The Morgan fingerprint density at radius 1 is 1.41 bits per heavy atom. The molecule has 0 saturated carbocycles. The molecule has 90 valence electrons. The Kier molecular flexibility index (Phi) is 3.79. The van der Waals surface area contributed by atoms with Crippen molar-refractivity contribution in [2.24, 2.45) is 5.84 Å². The highest BCUT2D eigenvalue weighted by Crippen LogP contribution is 2.19. The van der Waals surface area contributed by atoms with Gasteiger partial charge in [-0.25, -0.2) is 10.1 Å². The number of nitrogens with zero attached hydrogens (tertiary/aromatic N) is 4. The molecule has 17 heavy (non-hydrogen) atoms. The average molecular weight is 232 g/mol. The molecule has 0 bridgehead atoms. The summed E-state index contributed by atoms with van der Waals surface area (Å²) in [5.41, 5.74) is 4.79. The van der Waals surface area contributed by atoms with Gasteiger partial charge in [0, 0.05) is 18.9 Å². The molecule has 0 saturated heterocycles. The summed E-state index contributed by atoms with van der Waals surface area (Å²) < 4.78 is 1.87. The van der Waals surface area contributed by atoms with Crippen molar-refractivity contribution < 1.29 is 0 Å². The number of aryl methyl sites for hydroxylation is 1. The molecule has 0 amide bonds. The van der Waals surface area contributed by atoms with E-state index in [1.165, 1.54) is 0 Å². The molecule has 6 nitrogen and oxygen atoms in total. The van der Waals surface area contributed by atoms with Crippen molar-refractivity contribution in [3.8, 4) is 0 Å². The van der Waals surface area contributed by atoms with E-state index in [0.29, 0.717) is 0 Å². The van der Waals surface area contributed by atoms with Gasteiger partial charge in [0.15, 0.2) is 0 Å². The molecule has 1 atom stereocenters. The summed E-state index contributed by atoms with van der Waals surface area (Å²) in [5, 5.41) is 7.99. The number of pyridine rings is 1. The zero-order valence-corrected chi connectivity index (χ0v) is 9.74. The van der Waals surface area contributed by atoms with Gasteiger partial charge in [-0.05, 0) is 24.1 Å². The largest absolute Gasteiger partial charge is 0.271 e. The zero-order chi connectivity index (χ0) is 12.1. The lowest BCUT2D eigenvalue weighted by atomic mass is 10.1. The minimum absolute atomic E-state index is 0.112. The zero-order valence-electron chi connectivity index (χ0n) is 9.74. The standard InChI is InChI=1S/C11H16N6/c1-2-7-17-10(8-14-16-17)11(15-12)9-3-5-13-6-4-9/h3-6,8,11,15H,2,7,12H2,1H3. The van der Waals surface area contributed by atoms with Crippen LogP contribution in [0.4, 0.5) is 0 Å². The summed E-state index contributed by atoms with van der Waals surface area (Å²) in [7, 11) is 0. The first-order valence-electron chi connectivity index (χ1n) is 5.61. The molecule has 0 fully saturated rings. The number of hydrogen-bond acceptors (Lipinski definition) is 5. The summed E-state index contributed by atoms with van der Waals surface area (Å²) in [4.78, 5) is 4.00. The summed E-state index contributed by atoms with van der Waals surface area (Å²) in [6.07, 6.45) is 6.23. The van der Waals surface area contributed by atoms with Gasteiger partial charge in [-0.2, -0.15) is 0 Å². The molecule has 0 aliphatic rings. The van der Waals surface area contributed by atoms with Gasteiger partial charge in [-0.1, -0.05) is 12.1 Å². The molecule has 3 N–H and O–H groups in total. The topological polar surface area (TPSA) is 81.7 Å². The van der Waals surface area contributed by atoms with E-state index in [4.69, 9.17) is 5.84 Å². The van der Waals surface area contributed by atoms with Crippen molar-refractivity contribution in [3.63, 3.8) is 0 Å². The smallest absolute Gasteiger partial charge is 0.0895 e. The van der Waals surface area contributed by atoms with Crippen molar-refractivity contribution in [1.29, 1.82) is 0 Å². The predicted octanol–water partition coefficient (Wildman–Crippen LogP) is 0.636. The van der Waals surface area contributed by atoms with Gasteiger partial charge >= 0.3 is 0 Å². The number of hydrogen-bond donors (Lipinski definition) is 2. The third-order valence-corrected chi connectivity index (χ3v) is 2.58. The average Bonchev–Trinajstić information content (AvgIpc) is 2.81. The van der Waals surface area contributed by atoms with Gasteiger partial charge in [-0.3, -0.25) is 10.8 Å². The lowest BCUT2D eigenvalue weighted by Crippen LogP contribution is -2.30. The highest BCUT2D eigenvalue weighted by atomic mass is 15.4. The summed E-state index contributed by atoms with van der Waals surface area (Å²) >= 11 is 0. The summed E-state index contributed by atoms with van der Waals surface area (Å²) in [6, 6.07) is 3.74. The van der Waals surface area contributed by atoms with Crippen molar-refractivity contribution in [3.05, 3.63) is 42.0 Å². The first kappa shape index (κ1) is 11.7. The molecule has 0 aromatic carbocycles. The Bertz CT molecular complexity index is 452. The molecule has 2 rings (SSSR count). The SMILES string of the molecule is CCCn1nncc1C(NN)c1ccncc1. The third-order valence-electron chi connectivity index (χ3n) is 2.58. The van der Waals surface area contributed by atoms with Crippen LogP contribution in [0.25, 0.3) is 0 Å². The molecule has 0 aliphatic heterocycles. The lowest BCUT2D eigenvalue weighted by molar-refractivity contribution is 0.512. The Morgan fingerprint density at radius 3 is 2.82 bits per heavy atom. The first-order valence-corrected chi connectivity index (χ1v) is 5.61. The van der Waals surface area contributed by atoms with Gasteiger partial charge in [0.25, 0.3) is 0 Å². The molecular weight excluding hydrogens is 216 g/mol. The minimum atomic E-state index is -0.112. The summed E-state index contributed by atoms with van der Waals surface area (Å²) in [6.45, 7) is 2.93. The van der Waals surface area contributed by atoms with Crippen LogP contribution in [-0.4, -0.2) is 20.0 Å². The van der Waals surface area contributed by atoms with E-state index in [0.717, 1.165) is 24.2 Å². The van der Waals surface area contributed by atoms with Gasteiger partial charge < -0.3 is 0 Å². The highest BCUT2D eigenvalue weighted by molar-refractivity contribution is 5.24. The molecule has 0 radical (unpaired) electrons. The van der Waals surface area contributed by atoms with Crippen LogP contribution in [0.2, 0.25) is 0 Å². The van der Waals surface area contributed by atoms with Crippen molar-refractivity contribution in [2.75, 3.05) is 0 Å². The fourth-order valence-corrected chi connectivity index (χ4v) is 1.78. The number of nitrogens with one attached hydrogen (secondary N) is 1. The predicted molar refractivity (Wildman–Crippen MR) is 63.7 cm³/mol. The van der Waals surface area contributed by atoms with E-state index < -0.39 is 0 Å². The fourth-order valence-electron chi connectivity index (χ4n) is 1.78. The van der Waals surface area contributed by atoms with E-state index in [-0.39, 0.29) is 6.04 Å². The molecule has 2 heterocycles. The number of hydrazine groups is 1. The molecular formula is C11H16N6. The van der Waals surface area contributed by atoms with Crippen molar-refractivity contribution in [1.82, 2.24) is 25.4 Å². The third kappa shape index (κ3) is 2.48. The van der Waals surface area contributed by atoms with Crippen LogP contribution in [-0.2, 0) is 6.54 Å². The van der Waals surface area contributed by atoms with Gasteiger partial charge in [-0.15, -0.1) is 5.10 Å². The Morgan fingerprint density at radius 2 is 2.18 bits per heavy atom. The first-order chi connectivity index (χ1) is 8.36. The molecule has 0 spiro atoms. The van der Waals surface area contributed by atoms with Crippen LogP contribution in [0, 0.1) is 0 Å². The van der Waals surface area contributed by atoms with Crippen LogP contribution in [0.3, 0.4) is 0 Å². The number of nitrogens with two attached hydrogens (primary N) is 1. The van der Waals surface area contributed by atoms with Crippen LogP contribution < -0.4 is 11.3 Å². The molecule has 1 unspecified atom stereocenters. The highest BCUT2D eigenvalue weighted by Gasteiger charge is 2.17. The fraction of sp³-hybridized carbons (Fsp3) is 0.364. The van der Waals surface area contributed by atoms with Gasteiger partial charge in [0.1, 0.15) is 0 Å². The van der Waals surface area contributed by atoms with Crippen LogP contribution in [0.15, 0.2) is 30.7 Å². The lowest BCUT2D eigenvalue weighted by Gasteiger charge is -2.16. The molecule has 2 aromatic rings. The van der Waals surface area contributed by atoms with Crippen molar-refractivity contribution >= 4 is 0 Å². The normalized spacial score (nSPS) is 12.6. The molecule has 6 heteroatoms. The van der Waals surface area contributed by atoms with E-state index in [2.05, 4.69) is 27.6 Å². The van der Waals surface area contributed by atoms with Crippen LogP contribution in [0.5, 0.6) is 0 Å². The van der Waals surface area contributed by atoms with Crippen LogP contribution >= 0.6 is 0 Å². The van der Waals surface area contributed by atoms with E-state index in [1.807, 2.05) is 16.8 Å². The monoisotopic (exact) mass is 232 g/mol. The van der Waals surface area contributed by atoms with E-state index in [1.54, 1.807) is 18.6 Å². The second kappa shape index (κ2) is 5.51. The maximum Gasteiger partial charge on any atom is 0.0895 e. The molecule has 0 aliphatic carbocycles. The van der Waals surface area contributed by atoms with Gasteiger partial charge in [0.05, 0.1) is 17.9 Å². The summed E-state index contributed by atoms with van der Waals surface area (Å²) in [5.74, 6) is 5.62. The maximum absolute atomic E-state index is 5.62. The van der Waals surface area contributed by atoms with Crippen LogP contribution in [0.1, 0.15) is 30.6 Å². The minimum Gasteiger partial charge on any atom is -0.271 e. The van der Waals surface area contributed by atoms with E-state index in [9.17, 15) is 0 Å². The number of rotatable bonds is 5. The Hall–Kier alpha value is -1.79. The van der Waals surface area contributed by atoms with Crippen molar-refractivity contribution in [2.45, 2.75) is 25.9 Å². The quantitative estimate of drug-likeness (QED) is 0.584.